The Balaban J connectivity index is 1.53. The summed E-state index contributed by atoms with van der Waals surface area (Å²) in [6, 6.07) is 14.5. The van der Waals surface area contributed by atoms with Gasteiger partial charge in [0.2, 0.25) is 11.9 Å². The van der Waals surface area contributed by atoms with Crippen LogP contribution in [0.3, 0.4) is 0 Å². The second-order valence-corrected chi connectivity index (χ2v) is 8.83. The van der Waals surface area contributed by atoms with Crippen molar-refractivity contribution in [2.24, 2.45) is 0 Å². The van der Waals surface area contributed by atoms with E-state index in [2.05, 4.69) is 21.2 Å². The highest BCUT2D eigenvalue weighted by Gasteiger charge is 2.23. The van der Waals surface area contributed by atoms with Crippen LogP contribution in [0.25, 0.3) is 5.69 Å². The Morgan fingerprint density at radius 2 is 1.94 bits per heavy atom. The van der Waals surface area contributed by atoms with Crippen molar-refractivity contribution in [2.45, 2.75) is 25.5 Å². The highest BCUT2D eigenvalue weighted by Crippen LogP contribution is 2.28. The standard InChI is InChI=1S/C24H28FN5O2S/c1-3-28(16-19-7-5-8-20(25)15-19)22(31)17-33-24-27-26-23(29-10-12-32-13-11-29)30(24)21-9-4-6-18(2)14-21/h4-9,14-15H,3,10-13,16-17H2,1-2H3. The lowest BCUT2D eigenvalue weighted by atomic mass is 10.2. The molecule has 1 fully saturated rings. The van der Waals surface area contributed by atoms with E-state index in [0.29, 0.717) is 31.5 Å². The summed E-state index contributed by atoms with van der Waals surface area (Å²) >= 11 is 1.36. The Morgan fingerprint density at radius 1 is 1.15 bits per heavy atom. The molecule has 1 aliphatic rings. The van der Waals surface area contributed by atoms with Crippen LogP contribution in [-0.2, 0) is 16.1 Å². The number of aromatic nitrogens is 3. The van der Waals surface area contributed by atoms with Crippen LogP contribution < -0.4 is 4.90 Å². The van der Waals surface area contributed by atoms with Crippen LogP contribution in [0, 0.1) is 12.7 Å². The minimum atomic E-state index is -0.299. The second-order valence-electron chi connectivity index (χ2n) is 7.88. The van der Waals surface area contributed by atoms with Gasteiger partial charge in [0, 0.05) is 26.2 Å². The molecule has 1 amide bonds. The van der Waals surface area contributed by atoms with Gasteiger partial charge in [0.1, 0.15) is 5.82 Å². The predicted molar refractivity (Wildman–Crippen MR) is 127 cm³/mol. The van der Waals surface area contributed by atoms with Gasteiger partial charge in [0.15, 0.2) is 5.16 Å². The maximum absolute atomic E-state index is 13.5. The van der Waals surface area contributed by atoms with Gasteiger partial charge in [0.25, 0.3) is 0 Å². The topological polar surface area (TPSA) is 63.5 Å². The van der Waals surface area contributed by atoms with Crippen LogP contribution in [0.15, 0.2) is 53.7 Å². The molecule has 1 aromatic heterocycles. The summed E-state index contributed by atoms with van der Waals surface area (Å²) in [7, 11) is 0. The van der Waals surface area contributed by atoms with Crippen LogP contribution in [0.2, 0.25) is 0 Å². The number of anilines is 1. The number of morpholine rings is 1. The minimum Gasteiger partial charge on any atom is -0.378 e. The molecule has 0 saturated carbocycles. The van der Waals surface area contributed by atoms with Crippen molar-refractivity contribution in [3.63, 3.8) is 0 Å². The van der Waals surface area contributed by atoms with E-state index >= 15 is 0 Å². The van der Waals surface area contributed by atoms with Crippen molar-refractivity contribution in [1.29, 1.82) is 0 Å². The first-order valence-corrected chi connectivity index (χ1v) is 12.0. The molecule has 0 N–H and O–H groups in total. The molecule has 3 aromatic rings. The van der Waals surface area contributed by atoms with Gasteiger partial charge < -0.3 is 14.5 Å². The molecule has 2 aromatic carbocycles. The number of carbonyl (C=O) groups is 1. The Bertz CT molecular complexity index is 1100. The molecule has 0 aliphatic carbocycles. The maximum Gasteiger partial charge on any atom is 0.233 e. The summed E-state index contributed by atoms with van der Waals surface area (Å²) in [5, 5.41) is 9.55. The van der Waals surface area contributed by atoms with E-state index in [1.807, 2.05) is 42.7 Å². The summed E-state index contributed by atoms with van der Waals surface area (Å²) in [6.07, 6.45) is 0. The van der Waals surface area contributed by atoms with E-state index in [1.165, 1.54) is 23.9 Å². The van der Waals surface area contributed by atoms with E-state index in [0.717, 1.165) is 35.9 Å². The molecule has 0 unspecified atom stereocenters. The van der Waals surface area contributed by atoms with Gasteiger partial charge in [-0.05, 0) is 49.2 Å². The molecule has 2 heterocycles. The number of thioether (sulfide) groups is 1. The normalized spacial score (nSPS) is 13.8. The van der Waals surface area contributed by atoms with Gasteiger partial charge in [-0.25, -0.2) is 4.39 Å². The average Bonchev–Trinajstić information content (AvgIpc) is 3.25. The lowest BCUT2D eigenvalue weighted by Crippen LogP contribution is -2.38. The van der Waals surface area contributed by atoms with E-state index in [-0.39, 0.29) is 17.5 Å². The van der Waals surface area contributed by atoms with Gasteiger partial charge in [-0.2, -0.15) is 0 Å². The first-order valence-electron chi connectivity index (χ1n) is 11.1. The van der Waals surface area contributed by atoms with E-state index in [9.17, 15) is 9.18 Å². The Kier molecular flexibility index (Phi) is 7.61. The third-order valence-electron chi connectivity index (χ3n) is 5.49. The number of hydrogen-bond acceptors (Lipinski definition) is 6. The number of benzene rings is 2. The number of carbonyl (C=O) groups excluding carboxylic acids is 1. The monoisotopic (exact) mass is 469 g/mol. The third-order valence-corrected chi connectivity index (χ3v) is 6.41. The van der Waals surface area contributed by atoms with E-state index < -0.39 is 0 Å². The quantitative estimate of drug-likeness (QED) is 0.469. The molecule has 174 valence electrons. The summed E-state index contributed by atoms with van der Waals surface area (Å²) in [4.78, 5) is 16.9. The van der Waals surface area contributed by atoms with Crippen LogP contribution >= 0.6 is 11.8 Å². The summed E-state index contributed by atoms with van der Waals surface area (Å²) in [5.74, 6) is 0.646. The molecule has 33 heavy (non-hydrogen) atoms. The first-order chi connectivity index (χ1) is 16.0. The Hall–Kier alpha value is -2.91. The van der Waals surface area contributed by atoms with Crippen molar-refractivity contribution in [1.82, 2.24) is 19.7 Å². The first kappa shape index (κ1) is 23.3. The maximum atomic E-state index is 13.5. The molecule has 0 atom stereocenters. The van der Waals surface area contributed by atoms with Crippen molar-refractivity contribution >= 4 is 23.6 Å². The summed E-state index contributed by atoms with van der Waals surface area (Å²) in [5.41, 5.74) is 2.87. The summed E-state index contributed by atoms with van der Waals surface area (Å²) < 4.78 is 21.0. The highest BCUT2D eigenvalue weighted by molar-refractivity contribution is 7.99. The fourth-order valence-electron chi connectivity index (χ4n) is 3.77. The molecule has 7 nitrogen and oxygen atoms in total. The van der Waals surface area contributed by atoms with Crippen LogP contribution in [-0.4, -0.2) is 64.2 Å². The van der Waals surface area contributed by atoms with Gasteiger partial charge in [-0.3, -0.25) is 9.36 Å². The predicted octanol–water partition coefficient (Wildman–Crippen LogP) is 3.69. The van der Waals surface area contributed by atoms with Crippen molar-refractivity contribution < 1.29 is 13.9 Å². The molecule has 0 bridgehead atoms. The second kappa shape index (κ2) is 10.8. The SMILES string of the molecule is CCN(Cc1cccc(F)c1)C(=O)CSc1nnc(N2CCOCC2)n1-c1cccc(C)c1. The van der Waals surface area contributed by atoms with E-state index in [1.54, 1.807) is 11.0 Å². The van der Waals surface area contributed by atoms with Gasteiger partial charge >= 0.3 is 0 Å². The largest absolute Gasteiger partial charge is 0.378 e. The number of hydrogen-bond donors (Lipinski definition) is 0. The minimum absolute atomic E-state index is 0.0292. The van der Waals surface area contributed by atoms with Crippen LogP contribution in [0.4, 0.5) is 10.3 Å². The van der Waals surface area contributed by atoms with Gasteiger partial charge in [-0.15, -0.1) is 10.2 Å². The molecule has 0 spiro atoms. The number of nitrogens with zero attached hydrogens (tertiary/aromatic N) is 5. The molecule has 1 aliphatic heterocycles. The van der Waals surface area contributed by atoms with Crippen molar-refractivity contribution in [3.8, 4) is 5.69 Å². The highest BCUT2D eigenvalue weighted by atomic mass is 32.2. The Morgan fingerprint density at radius 3 is 2.67 bits per heavy atom. The fourth-order valence-corrected chi connectivity index (χ4v) is 4.62. The molecule has 4 rings (SSSR count). The van der Waals surface area contributed by atoms with Gasteiger partial charge in [-0.1, -0.05) is 36.0 Å². The number of halogens is 1. The van der Waals surface area contributed by atoms with Crippen LogP contribution in [0.5, 0.6) is 0 Å². The number of amides is 1. The van der Waals surface area contributed by atoms with Crippen molar-refractivity contribution in [3.05, 3.63) is 65.5 Å². The third kappa shape index (κ3) is 5.72. The smallest absolute Gasteiger partial charge is 0.233 e. The molecular weight excluding hydrogens is 441 g/mol. The zero-order chi connectivity index (χ0) is 23.2. The number of ether oxygens (including phenoxy) is 1. The lowest BCUT2D eigenvalue weighted by Gasteiger charge is -2.28. The molecule has 9 heteroatoms. The average molecular weight is 470 g/mol. The lowest BCUT2D eigenvalue weighted by molar-refractivity contribution is -0.128. The van der Waals surface area contributed by atoms with Crippen molar-refractivity contribution in [2.75, 3.05) is 43.5 Å². The zero-order valence-electron chi connectivity index (χ0n) is 18.9. The van der Waals surface area contributed by atoms with E-state index in [4.69, 9.17) is 4.74 Å². The fraction of sp³-hybridized carbons (Fsp3) is 0.375. The number of aryl methyl sites for hydroxylation is 1. The molecule has 0 radical (unpaired) electrons. The molecule has 1 saturated heterocycles. The zero-order valence-corrected chi connectivity index (χ0v) is 19.7. The molecular formula is C24H28FN5O2S. The van der Waals surface area contributed by atoms with Crippen LogP contribution in [0.1, 0.15) is 18.1 Å². The Labute approximate surface area is 197 Å². The van der Waals surface area contributed by atoms with Gasteiger partial charge in [0.05, 0.1) is 24.7 Å². The number of rotatable bonds is 8. The summed E-state index contributed by atoms with van der Waals surface area (Å²) in [6.45, 7) is 7.66.